The number of hydrogen-bond donors (Lipinski definition) is 1. The summed E-state index contributed by atoms with van der Waals surface area (Å²) >= 11 is 2.02. The zero-order valence-electron chi connectivity index (χ0n) is 11.9. The van der Waals surface area contributed by atoms with E-state index in [1.807, 2.05) is 43.8 Å². The van der Waals surface area contributed by atoms with Crippen molar-refractivity contribution in [1.29, 1.82) is 0 Å². The zero-order valence-corrected chi connectivity index (χ0v) is 12.8. The predicted molar refractivity (Wildman–Crippen MR) is 82.7 cm³/mol. The molecule has 4 heteroatoms. The van der Waals surface area contributed by atoms with Gasteiger partial charge < -0.3 is 14.8 Å². The van der Waals surface area contributed by atoms with E-state index in [2.05, 4.69) is 12.2 Å². The van der Waals surface area contributed by atoms with Gasteiger partial charge in [0.1, 0.15) is 11.5 Å². The molecule has 1 saturated heterocycles. The van der Waals surface area contributed by atoms with E-state index >= 15 is 0 Å². The van der Waals surface area contributed by atoms with Crippen molar-refractivity contribution in [2.75, 3.05) is 24.3 Å². The number of hydrogen-bond acceptors (Lipinski definition) is 4. The van der Waals surface area contributed by atoms with Crippen LogP contribution in [0.5, 0.6) is 11.5 Å². The fourth-order valence-electron chi connectivity index (χ4n) is 2.28. The van der Waals surface area contributed by atoms with Gasteiger partial charge in [0.2, 0.25) is 0 Å². The van der Waals surface area contributed by atoms with Crippen molar-refractivity contribution in [1.82, 2.24) is 0 Å². The maximum Gasteiger partial charge on any atom is 0.142 e. The lowest BCUT2D eigenvalue weighted by Gasteiger charge is -2.21. The van der Waals surface area contributed by atoms with Gasteiger partial charge >= 0.3 is 0 Å². The quantitative estimate of drug-likeness (QED) is 0.859. The molecule has 0 bridgehead atoms. The predicted octanol–water partition coefficient (Wildman–Crippen LogP) is 3.79. The smallest absolute Gasteiger partial charge is 0.142 e. The summed E-state index contributed by atoms with van der Waals surface area (Å²) in [5.74, 6) is 3.04. The highest BCUT2D eigenvalue weighted by atomic mass is 32.2. The van der Waals surface area contributed by atoms with E-state index in [0.717, 1.165) is 17.2 Å². The average molecular weight is 281 g/mol. The first kappa shape index (κ1) is 14.4. The molecule has 1 N–H and O–H groups in total. The van der Waals surface area contributed by atoms with E-state index in [9.17, 15) is 0 Å². The molecule has 1 fully saturated rings. The summed E-state index contributed by atoms with van der Waals surface area (Å²) in [6, 6.07) is 6.52. The molecular formula is C15H23NO2S. The van der Waals surface area contributed by atoms with Crippen LogP contribution in [0.3, 0.4) is 0 Å². The third-order valence-electron chi connectivity index (χ3n) is 3.28. The minimum atomic E-state index is 0.515. The van der Waals surface area contributed by atoms with Crippen LogP contribution < -0.4 is 14.8 Å². The summed E-state index contributed by atoms with van der Waals surface area (Å²) in [6.07, 6.45) is 1.20. The largest absolute Gasteiger partial charge is 0.494 e. The van der Waals surface area contributed by atoms with Gasteiger partial charge in [0.05, 0.1) is 18.9 Å². The van der Waals surface area contributed by atoms with Crippen molar-refractivity contribution in [3.63, 3.8) is 0 Å². The van der Waals surface area contributed by atoms with Gasteiger partial charge in [0, 0.05) is 17.4 Å². The van der Waals surface area contributed by atoms with Crippen LogP contribution in [0.25, 0.3) is 0 Å². The topological polar surface area (TPSA) is 30.5 Å². The lowest BCUT2D eigenvalue weighted by atomic mass is 10.1. The highest BCUT2D eigenvalue weighted by molar-refractivity contribution is 8.00. The van der Waals surface area contributed by atoms with E-state index < -0.39 is 0 Å². The van der Waals surface area contributed by atoms with Gasteiger partial charge in [-0.15, -0.1) is 0 Å². The highest BCUT2D eigenvalue weighted by Crippen LogP contribution is 2.34. The molecule has 1 heterocycles. The number of thioether (sulfide) groups is 1. The lowest BCUT2D eigenvalue weighted by molar-refractivity contribution is 0.331. The molecule has 0 spiro atoms. The summed E-state index contributed by atoms with van der Waals surface area (Å²) in [5.41, 5.74) is 1.05. The fraction of sp³-hybridized carbons (Fsp3) is 0.600. The van der Waals surface area contributed by atoms with Gasteiger partial charge in [-0.25, -0.2) is 0 Å². The molecular weight excluding hydrogens is 258 g/mol. The van der Waals surface area contributed by atoms with Gasteiger partial charge in [0.25, 0.3) is 0 Å². The van der Waals surface area contributed by atoms with Gasteiger partial charge in [-0.3, -0.25) is 0 Å². The van der Waals surface area contributed by atoms with Crippen LogP contribution in [0.4, 0.5) is 5.69 Å². The van der Waals surface area contributed by atoms with E-state index in [-0.39, 0.29) is 0 Å². The molecule has 106 valence electrons. The zero-order chi connectivity index (χ0) is 13.7. The molecule has 0 amide bonds. The second-order valence-corrected chi connectivity index (χ2v) is 6.12. The van der Waals surface area contributed by atoms with E-state index in [4.69, 9.17) is 9.47 Å². The monoisotopic (exact) mass is 281 g/mol. The Bertz CT molecular complexity index is 411. The Morgan fingerprint density at radius 3 is 2.68 bits per heavy atom. The molecule has 2 unspecified atom stereocenters. The third kappa shape index (κ3) is 3.72. The minimum Gasteiger partial charge on any atom is -0.494 e. The van der Waals surface area contributed by atoms with Gasteiger partial charge in [-0.05, 0) is 38.2 Å². The number of anilines is 1. The summed E-state index contributed by atoms with van der Waals surface area (Å²) in [5, 5.41) is 4.26. The molecule has 1 aliphatic rings. The number of benzene rings is 1. The molecule has 1 aromatic rings. The maximum atomic E-state index is 5.69. The summed E-state index contributed by atoms with van der Waals surface area (Å²) in [7, 11) is 0. The first-order chi connectivity index (χ1) is 9.24. The van der Waals surface area contributed by atoms with Crippen LogP contribution >= 0.6 is 11.8 Å². The Balaban J connectivity index is 2.16. The van der Waals surface area contributed by atoms with Crippen LogP contribution in [-0.2, 0) is 0 Å². The Labute approximate surface area is 120 Å². The Morgan fingerprint density at radius 1 is 1.26 bits per heavy atom. The van der Waals surface area contributed by atoms with Crippen LogP contribution in [0.1, 0.15) is 27.2 Å². The van der Waals surface area contributed by atoms with Gasteiger partial charge in [-0.1, -0.05) is 6.92 Å². The van der Waals surface area contributed by atoms with Crippen molar-refractivity contribution in [2.24, 2.45) is 0 Å². The fourth-order valence-corrected chi connectivity index (χ4v) is 3.48. The summed E-state index contributed by atoms with van der Waals surface area (Å²) in [6.45, 7) is 7.65. The molecule has 0 saturated carbocycles. The molecule has 1 aliphatic heterocycles. The first-order valence-electron chi connectivity index (χ1n) is 7.02. The molecule has 2 rings (SSSR count). The number of rotatable bonds is 6. The van der Waals surface area contributed by atoms with Crippen molar-refractivity contribution < 1.29 is 9.47 Å². The molecule has 3 nitrogen and oxygen atoms in total. The van der Waals surface area contributed by atoms with E-state index in [0.29, 0.717) is 24.5 Å². The van der Waals surface area contributed by atoms with E-state index in [1.165, 1.54) is 12.2 Å². The molecule has 0 aliphatic carbocycles. The Kier molecular flexibility index (Phi) is 5.25. The van der Waals surface area contributed by atoms with Crippen molar-refractivity contribution in [3.8, 4) is 11.5 Å². The van der Waals surface area contributed by atoms with Crippen LogP contribution in [0.2, 0.25) is 0 Å². The molecule has 1 aromatic carbocycles. The number of nitrogens with one attached hydrogen (secondary N) is 1. The average Bonchev–Trinajstić information content (AvgIpc) is 2.79. The van der Waals surface area contributed by atoms with Crippen molar-refractivity contribution in [3.05, 3.63) is 18.2 Å². The normalized spacial score (nSPS) is 22.3. The second-order valence-electron chi connectivity index (χ2n) is 4.64. The molecule has 19 heavy (non-hydrogen) atoms. The lowest BCUT2D eigenvalue weighted by Crippen LogP contribution is -2.25. The van der Waals surface area contributed by atoms with Crippen LogP contribution in [0.15, 0.2) is 18.2 Å². The van der Waals surface area contributed by atoms with Gasteiger partial charge in [-0.2, -0.15) is 11.8 Å². The molecule has 0 radical (unpaired) electrons. The van der Waals surface area contributed by atoms with Crippen LogP contribution in [-0.4, -0.2) is 30.3 Å². The second kappa shape index (κ2) is 6.94. The standard InChI is InChI=1S/C15H23NO2S/c1-4-17-12-6-7-15(18-5-2)14(10-12)16-13-8-9-19-11(13)3/h6-7,10-11,13,16H,4-5,8-9H2,1-3H3. The Morgan fingerprint density at radius 2 is 2.05 bits per heavy atom. The number of ether oxygens (including phenoxy) is 2. The van der Waals surface area contributed by atoms with E-state index in [1.54, 1.807) is 0 Å². The maximum absolute atomic E-state index is 5.69. The summed E-state index contributed by atoms with van der Waals surface area (Å²) < 4.78 is 11.3. The first-order valence-corrected chi connectivity index (χ1v) is 8.07. The van der Waals surface area contributed by atoms with Crippen molar-refractivity contribution in [2.45, 2.75) is 38.5 Å². The summed E-state index contributed by atoms with van der Waals surface area (Å²) in [4.78, 5) is 0. The van der Waals surface area contributed by atoms with Crippen molar-refractivity contribution >= 4 is 17.4 Å². The molecule has 0 aromatic heterocycles. The van der Waals surface area contributed by atoms with Crippen LogP contribution in [0, 0.1) is 0 Å². The SMILES string of the molecule is CCOc1ccc(OCC)c(NC2CCSC2C)c1. The Hall–Kier alpha value is -1.03. The third-order valence-corrected chi connectivity index (χ3v) is 4.60. The highest BCUT2D eigenvalue weighted by Gasteiger charge is 2.24. The van der Waals surface area contributed by atoms with Gasteiger partial charge in [0.15, 0.2) is 0 Å². The molecule has 2 atom stereocenters. The minimum absolute atomic E-state index is 0.515.